The van der Waals surface area contributed by atoms with Gasteiger partial charge in [0.15, 0.2) is 0 Å². The highest BCUT2D eigenvalue weighted by Crippen LogP contribution is 2.36. The van der Waals surface area contributed by atoms with Crippen LogP contribution in [0.15, 0.2) is 39.6 Å². The fourth-order valence-corrected chi connectivity index (χ4v) is 4.80. The molecule has 6 nitrogen and oxygen atoms in total. The fourth-order valence-electron chi connectivity index (χ4n) is 2.90. The van der Waals surface area contributed by atoms with Crippen LogP contribution in [-0.4, -0.2) is 20.4 Å². The minimum Gasteiger partial charge on any atom is -0.465 e. The van der Waals surface area contributed by atoms with E-state index in [4.69, 9.17) is 4.42 Å². The topological polar surface area (TPSA) is 79.6 Å². The van der Waals surface area contributed by atoms with E-state index in [1.54, 1.807) is 45.0 Å². The molecular formula is C16H18N2O4S. The van der Waals surface area contributed by atoms with Crippen LogP contribution in [0.3, 0.4) is 0 Å². The first-order chi connectivity index (χ1) is 10.8. The number of furan rings is 1. The third kappa shape index (κ3) is 2.61. The second kappa shape index (κ2) is 5.42. The van der Waals surface area contributed by atoms with E-state index < -0.39 is 16.1 Å². The summed E-state index contributed by atoms with van der Waals surface area (Å²) in [4.78, 5) is 12.1. The average molecular weight is 334 g/mol. The number of amides is 1. The molecule has 1 atom stereocenters. The molecule has 0 saturated carbocycles. The first kappa shape index (κ1) is 15.6. The van der Waals surface area contributed by atoms with Crippen molar-refractivity contribution in [2.24, 2.45) is 0 Å². The van der Waals surface area contributed by atoms with Crippen LogP contribution in [0.2, 0.25) is 0 Å². The molecule has 0 fully saturated rings. The number of aryl methyl sites for hydroxylation is 2. The van der Waals surface area contributed by atoms with Gasteiger partial charge in [0.1, 0.15) is 16.4 Å². The summed E-state index contributed by atoms with van der Waals surface area (Å²) in [7, 11) is -3.83. The van der Waals surface area contributed by atoms with Gasteiger partial charge in [0, 0.05) is 12.5 Å². The highest BCUT2D eigenvalue weighted by Gasteiger charge is 2.36. The van der Waals surface area contributed by atoms with E-state index in [1.807, 2.05) is 0 Å². The number of hydrogen-bond donors (Lipinski definition) is 1. The van der Waals surface area contributed by atoms with Crippen LogP contribution in [0.1, 0.15) is 24.9 Å². The zero-order valence-corrected chi connectivity index (χ0v) is 14.0. The molecule has 1 unspecified atom stereocenters. The molecule has 1 N–H and O–H groups in total. The lowest BCUT2D eigenvalue weighted by Gasteiger charge is -2.28. The number of anilines is 2. The maximum absolute atomic E-state index is 13.2. The Balaban J connectivity index is 2.21. The normalized spacial score (nSPS) is 18.3. The van der Waals surface area contributed by atoms with Gasteiger partial charge in [-0.3, -0.25) is 9.10 Å². The van der Waals surface area contributed by atoms with Crippen molar-refractivity contribution in [2.45, 2.75) is 38.1 Å². The number of carbonyl (C=O) groups is 1. The van der Waals surface area contributed by atoms with E-state index in [0.717, 1.165) is 0 Å². The minimum atomic E-state index is -3.83. The van der Waals surface area contributed by atoms with Crippen LogP contribution in [0, 0.1) is 13.8 Å². The first-order valence-electron chi connectivity index (χ1n) is 7.31. The predicted molar refractivity (Wildman–Crippen MR) is 87.0 cm³/mol. The lowest BCUT2D eigenvalue weighted by atomic mass is 10.2. The summed E-state index contributed by atoms with van der Waals surface area (Å²) in [6, 6.07) is 7.91. The summed E-state index contributed by atoms with van der Waals surface area (Å²) in [5.74, 6) is 0.671. The summed E-state index contributed by atoms with van der Waals surface area (Å²) >= 11 is 0. The Kier molecular flexibility index (Phi) is 3.68. The summed E-state index contributed by atoms with van der Waals surface area (Å²) in [5.41, 5.74) is 0.951. The molecule has 1 aliphatic heterocycles. The lowest BCUT2D eigenvalue weighted by Crippen LogP contribution is -2.39. The summed E-state index contributed by atoms with van der Waals surface area (Å²) in [5, 5.41) is 2.76. The molecule has 23 heavy (non-hydrogen) atoms. The van der Waals surface area contributed by atoms with E-state index in [2.05, 4.69) is 5.32 Å². The molecule has 1 aliphatic rings. The second-order valence-corrected chi connectivity index (χ2v) is 7.48. The second-order valence-electron chi connectivity index (χ2n) is 5.70. The van der Waals surface area contributed by atoms with Crippen LogP contribution >= 0.6 is 0 Å². The largest absolute Gasteiger partial charge is 0.465 e. The zero-order chi connectivity index (χ0) is 16.8. The van der Waals surface area contributed by atoms with E-state index in [-0.39, 0.29) is 17.2 Å². The van der Waals surface area contributed by atoms with Gasteiger partial charge in [0.25, 0.3) is 10.0 Å². The monoisotopic (exact) mass is 334 g/mol. The van der Waals surface area contributed by atoms with Crippen molar-refractivity contribution >= 4 is 27.3 Å². The maximum atomic E-state index is 13.2. The van der Waals surface area contributed by atoms with Crippen molar-refractivity contribution in [1.29, 1.82) is 0 Å². The molecule has 0 aliphatic carbocycles. The standard InChI is InChI=1S/C16H18N2O4S/c1-10-8-16(19)17-13-6-4-5-7-14(13)18(10)23(20,21)15-9-11(2)22-12(15)3/h4-7,9-10H,8H2,1-3H3,(H,17,19). The average Bonchev–Trinajstić information content (AvgIpc) is 2.73. The van der Waals surface area contributed by atoms with E-state index in [9.17, 15) is 13.2 Å². The summed E-state index contributed by atoms with van der Waals surface area (Å²) in [6.07, 6.45) is 0.0871. The van der Waals surface area contributed by atoms with E-state index in [0.29, 0.717) is 22.9 Å². The molecule has 1 amide bonds. The van der Waals surface area contributed by atoms with Crippen molar-refractivity contribution in [1.82, 2.24) is 0 Å². The molecule has 0 radical (unpaired) electrons. The molecule has 1 aromatic carbocycles. The van der Waals surface area contributed by atoms with Gasteiger partial charge in [-0.2, -0.15) is 0 Å². The van der Waals surface area contributed by atoms with Gasteiger partial charge >= 0.3 is 0 Å². The predicted octanol–water partition coefficient (Wildman–Crippen LogP) is 2.82. The number of para-hydroxylation sites is 2. The van der Waals surface area contributed by atoms with Crippen LogP contribution in [0.4, 0.5) is 11.4 Å². The molecular weight excluding hydrogens is 316 g/mol. The van der Waals surface area contributed by atoms with E-state index >= 15 is 0 Å². The molecule has 0 spiro atoms. The Morgan fingerprint density at radius 1 is 1.26 bits per heavy atom. The summed E-state index contributed by atoms with van der Waals surface area (Å²) in [6.45, 7) is 5.05. The molecule has 7 heteroatoms. The Labute approximate surface area is 135 Å². The third-order valence-corrected chi connectivity index (χ3v) is 5.86. The lowest BCUT2D eigenvalue weighted by molar-refractivity contribution is -0.116. The van der Waals surface area contributed by atoms with Crippen LogP contribution < -0.4 is 9.62 Å². The molecule has 2 heterocycles. The van der Waals surface area contributed by atoms with Crippen LogP contribution in [0.5, 0.6) is 0 Å². The van der Waals surface area contributed by atoms with Crippen LogP contribution in [0.25, 0.3) is 0 Å². The molecule has 0 saturated heterocycles. The van der Waals surface area contributed by atoms with Crippen molar-refractivity contribution in [3.63, 3.8) is 0 Å². The molecule has 3 rings (SSSR count). The van der Waals surface area contributed by atoms with Gasteiger partial charge in [0.05, 0.1) is 17.4 Å². The Bertz CT molecular complexity index is 870. The molecule has 1 aromatic heterocycles. The highest BCUT2D eigenvalue weighted by atomic mass is 32.2. The number of hydrogen-bond acceptors (Lipinski definition) is 4. The van der Waals surface area contributed by atoms with Gasteiger partial charge in [0.2, 0.25) is 5.91 Å². The number of nitrogens with one attached hydrogen (secondary N) is 1. The van der Waals surface area contributed by atoms with Gasteiger partial charge < -0.3 is 9.73 Å². The minimum absolute atomic E-state index is 0.0871. The maximum Gasteiger partial charge on any atom is 0.268 e. The fraction of sp³-hybridized carbons (Fsp3) is 0.312. The zero-order valence-electron chi connectivity index (χ0n) is 13.2. The van der Waals surface area contributed by atoms with Gasteiger partial charge in [-0.15, -0.1) is 0 Å². The smallest absolute Gasteiger partial charge is 0.268 e. The Hall–Kier alpha value is -2.28. The number of fused-ring (bicyclic) bond motifs is 1. The van der Waals surface area contributed by atoms with Crippen molar-refractivity contribution in [3.05, 3.63) is 41.9 Å². The SMILES string of the molecule is Cc1cc(S(=O)(=O)N2c3ccccc3NC(=O)CC2C)c(C)o1. The summed E-state index contributed by atoms with van der Waals surface area (Å²) < 4.78 is 33.0. The number of sulfonamides is 1. The Morgan fingerprint density at radius 3 is 2.61 bits per heavy atom. The van der Waals surface area contributed by atoms with Crippen molar-refractivity contribution in [2.75, 3.05) is 9.62 Å². The van der Waals surface area contributed by atoms with Crippen molar-refractivity contribution < 1.29 is 17.6 Å². The Morgan fingerprint density at radius 2 is 1.96 bits per heavy atom. The number of rotatable bonds is 2. The number of benzene rings is 1. The quantitative estimate of drug-likeness (QED) is 0.916. The van der Waals surface area contributed by atoms with E-state index in [1.165, 1.54) is 10.4 Å². The first-order valence-corrected chi connectivity index (χ1v) is 8.75. The van der Waals surface area contributed by atoms with Crippen LogP contribution in [-0.2, 0) is 14.8 Å². The molecule has 122 valence electrons. The van der Waals surface area contributed by atoms with Crippen molar-refractivity contribution in [3.8, 4) is 0 Å². The highest BCUT2D eigenvalue weighted by molar-refractivity contribution is 7.93. The number of carbonyl (C=O) groups excluding carboxylic acids is 1. The van der Waals surface area contributed by atoms with Gasteiger partial charge in [-0.05, 0) is 32.9 Å². The number of nitrogens with zero attached hydrogens (tertiary/aromatic N) is 1. The van der Waals surface area contributed by atoms with Gasteiger partial charge in [-0.1, -0.05) is 12.1 Å². The molecule has 0 bridgehead atoms. The van der Waals surface area contributed by atoms with Gasteiger partial charge in [-0.25, -0.2) is 8.42 Å². The molecule has 2 aromatic rings. The third-order valence-electron chi connectivity index (χ3n) is 3.83.